The zero-order valence-corrected chi connectivity index (χ0v) is 23.3. The van der Waals surface area contributed by atoms with Gasteiger partial charge in [-0.1, -0.05) is 38.4 Å². The van der Waals surface area contributed by atoms with Crippen LogP contribution in [0.1, 0.15) is 56.5 Å². The summed E-state index contributed by atoms with van der Waals surface area (Å²) in [7, 11) is 0. The second kappa shape index (κ2) is 10.0. The number of halogens is 4. The molecular weight excluding hydrogens is 541 g/mol. The van der Waals surface area contributed by atoms with Gasteiger partial charge < -0.3 is 16.1 Å². The van der Waals surface area contributed by atoms with Crippen molar-refractivity contribution in [2.75, 3.05) is 17.2 Å². The summed E-state index contributed by atoms with van der Waals surface area (Å²) in [5.74, 6) is 0. The largest absolute Gasteiger partial charge is 0.413 e. The Hall–Kier alpha value is -3.75. The summed E-state index contributed by atoms with van der Waals surface area (Å²) in [5.41, 5.74) is 7.77. The highest BCUT2D eigenvalue weighted by Gasteiger charge is 2.67. The Kier molecular flexibility index (Phi) is 6.96. The molecule has 3 heterocycles. The lowest BCUT2D eigenvalue weighted by molar-refractivity contribution is -0.195. The zero-order chi connectivity index (χ0) is 28.9. The van der Waals surface area contributed by atoms with Gasteiger partial charge in [-0.05, 0) is 48.9 Å². The van der Waals surface area contributed by atoms with Gasteiger partial charge in [-0.25, -0.2) is 0 Å². The van der Waals surface area contributed by atoms with Crippen LogP contribution in [0.5, 0.6) is 0 Å². The van der Waals surface area contributed by atoms with Crippen molar-refractivity contribution in [1.29, 1.82) is 5.26 Å². The van der Waals surface area contributed by atoms with Crippen LogP contribution in [0, 0.1) is 23.7 Å². The van der Waals surface area contributed by atoms with Crippen LogP contribution in [-0.2, 0) is 0 Å². The molecule has 0 unspecified atom stereocenters. The molecule has 1 saturated carbocycles. The fourth-order valence-electron chi connectivity index (χ4n) is 4.61. The Morgan fingerprint density at radius 2 is 1.93 bits per heavy atom. The van der Waals surface area contributed by atoms with Crippen molar-refractivity contribution in [2.45, 2.75) is 58.3 Å². The number of pyridine rings is 2. The fourth-order valence-corrected chi connectivity index (χ4v) is 4.88. The van der Waals surface area contributed by atoms with E-state index >= 15 is 0 Å². The first-order valence-corrected chi connectivity index (χ1v) is 13.2. The van der Waals surface area contributed by atoms with Gasteiger partial charge in [0.15, 0.2) is 5.54 Å². The van der Waals surface area contributed by atoms with Crippen LogP contribution in [-0.4, -0.2) is 33.2 Å². The van der Waals surface area contributed by atoms with E-state index < -0.39 is 17.8 Å². The molecule has 0 amide bonds. The molecule has 5 rings (SSSR count). The SMILES string of the molecule is Cc1ccc([C@H](Nc2cc(Cl)c3ncc(C#N)c(NCC(C)(C)C)c3c2)C2=CN(C3(C(F)(F)F)CC3)NN2)cn1. The number of hydrazine groups is 2. The van der Waals surface area contributed by atoms with E-state index in [1.165, 1.54) is 12.4 Å². The number of nitriles is 1. The standard InChI is InChI=1S/C28H30ClF3N8/c1-16-5-6-17(12-34-16)24(22-14-40(39-38-22)27(7-8-27)28(30,31)32)37-19-9-20-23(36-15-26(2,3)4)18(11-33)13-35-25(20)21(29)10-19/h5-6,9-10,12-14,24,37-39H,7-8,15H2,1-4H3,(H,35,36)/t24-/m0/s1. The van der Waals surface area contributed by atoms with E-state index in [4.69, 9.17) is 11.6 Å². The van der Waals surface area contributed by atoms with Gasteiger partial charge in [0.1, 0.15) is 6.07 Å². The summed E-state index contributed by atoms with van der Waals surface area (Å²) in [6.07, 6.45) is 0.274. The van der Waals surface area contributed by atoms with E-state index in [1.807, 2.05) is 25.1 Å². The summed E-state index contributed by atoms with van der Waals surface area (Å²) in [4.78, 5) is 8.80. The molecule has 12 heteroatoms. The van der Waals surface area contributed by atoms with Crippen LogP contribution < -0.4 is 21.6 Å². The quantitative estimate of drug-likeness (QED) is 0.261. The number of hydrogen-bond donors (Lipinski definition) is 4. The van der Waals surface area contributed by atoms with Crippen molar-refractivity contribution < 1.29 is 13.2 Å². The molecular formula is C28H30ClF3N8. The maximum Gasteiger partial charge on any atom is 0.413 e. The van der Waals surface area contributed by atoms with E-state index in [2.05, 4.69) is 58.4 Å². The molecule has 0 bridgehead atoms. The average Bonchev–Trinajstić information content (AvgIpc) is 3.57. The minimum Gasteiger partial charge on any atom is -0.383 e. The summed E-state index contributed by atoms with van der Waals surface area (Å²) < 4.78 is 41.4. The Balaban J connectivity index is 1.55. The molecule has 1 atom stereocenters. The summed E-state index contributed by atoms with van der Waals surface area (Å²) in [6.45, 7) is 8.71. The van der Waals surface area contributed by atoms with E-state index in [-0.39, 0.29) is 18.3 Å². The van der Waals surface area contributed by atoms with Gasteiger partial charge in [-0.3, -0.25) is 15.0 Å². The first-order valence-electron chi connectivity index (χ1n) is 12.9. The lowest BCUT2D eigenvalue weighted by Gasteiger charge is -2.28. The summed E-state index contributed by atoms with van der Waals surface area (Å²) in [5, 5.41) is 18.7. The fraction of sp³-hybridized carbons (Fsp3) is 0.393. The van der Waals surface area contributed by atoms with Gasteiger partial charge in [-0.2, -0.15) is 18.4 Å². The number of benzene rings is 1. The predicted octanol–water partition coefficient (Wildman–Crippen LogP) is 6.34. The van der Waals surface area contributed by atoms with Crippen LogP contribution in [0.15, 0.2) is 48.6 Å². The molecule has 0 radical (unpaired) electrons. The van der Waals surface area contributed by atoms with Gasteiger partial charge in [0, 0.05) is 41.9 Å². The predicted molar refractivity (Wildman–Crippen MR) is 149 cm³/mol. The highest BCUT2D eigenvalue weighted by atomic mass is 35.5. The molecule has 40 heavy (non-hydrogen) atoms. The molecule has 8 nitrogen and oxygen atoms in total. The van der Waals surface area contributed by atoms with E-state index in [1.54, 1.807) is 12.3 Å². The van der Waals surface area contributed by atoms with Gasteiger partial charge in [0.25, 0.3) is 0 Å². The Labute approximate surface area is 235 Å². The number of rotatable bonds is 7. The van der Waals surface area contributed by atoms with Crippen molar-refractivity contribution in [3.63, 3.8) is 0 Å². The van der Waals surface area contributed by atoms with Crippen molar-refractivity contribution in [3.8, 4) is 6.07 Å². The van der Waals surface area contributed by atoms with Gasteiger partial charge in [-0.15, -0.1) is 5.53 Å². The lowest BCUT2D eigenvalue weighted by Crippen LogP contribution is -2.52. The second-order valence-corrected chi connectivity index (χ2v) is 11.9. The van der Waals surface area contributed by atoms with E-state index in [0.29, 0.717) is 45.1 Å². The summed E-state index contributed by atoms with van der Waals surface area (Å²) >= 11 is 6.67. The van der Waals surface area contributed by atoms with Crippen molar-refractivity contribution in [1.82, 2.24) is 25.9 Å². The minimum absolute atomic E-state index is 0.0119. The minimum atomic E-state index is -4.38. The van der Waals surface area contributed by atoms with Crippen LogP contribution >= 0.6 is 11.6 Å². The number of alkyl halides is 3. The van der Waals surface area contributed by atoms with Crippen LogP contribution in [0.2, 0.25) is 5.02 Å². The average molecular weight is 571 g/mol. The molecule has 1 fully saturated rings. The third-order valence-corrected chi connectivity index (χ3v) is 7.32. The molecule has 2 aromatic heterocycles. The van der Waals surface area contributed by atoms with Crippen molar-refractivity contribution in [2.24, 2.45) is 5.41 Å². The topological polar surface area (TPSA) is 101 Å². The molecule has 1 aliphatic carbocycles. The Morgan fingerprint density at radius 3 is 2.52 bits per heavy atom. The number of hydrogen-bond acceptors (Lipinski definition) is 8. The molecule has 2 aliphatic rings. The highest BCUT2D eigenvalue weighted by molar-refractivity contribution is 6.35. The summed E-state index contributed by atoms with van der Waals surface area (Å²) in [6, 6.07) is 8.86. The van der Waals surface area contributed by atoms with E-state index in [0.717, 1.165) is 16.3 Å². The molecule has 3 aromatic rings. The Bertz CT molecular complexity index is 1500. The third kappa shape index (κ3) is 5.33. The monoisotopic (exact) mass is 570 g/mol. The van der Waals surface area contributed by atoms with Crippen LogP contribution in [0.25, 0.3) is 10.9 Å². The first-order chi connectivity index (χ1) is 18.8. The number of fused-ring (bicyclic) bond motifs is 1. The van der Waals surface area contributed by atoms with Crippen molar-refractivity contribution in [3.05, 3.63) is 70.4 Å². The smallest absolute Gasteiger partial charge is 0.383 e. The van der Waals surface area contributed by atoms with Gasteiger partial charge in [0.2, 0.25) is 0 Å². The maximum absolute atomic E-state index is 13.8. The zero-order valence-electron chi connectivity index (χ0n) is 22.5. The molecule has 210 valence electrons. The van der Waals surface area contributed by atoms with Crippen molar-refractivity contribution >= 4 is 33.9 Å². The van der Waals surface area contributed by atoms with Crippen LogP contribution in [0.4, 0.5) is 24.5 Å². The molecule has 1 aliphatic heterocycles. The van der Waals surface area contributed by atoms with E-state index in [9.17, 15) is 18.4 Å². The normalized spacial score (nSPS) is 17.2. The molecule has 1 aromatic carbocycles. The van der Waals surface area contributed by atoms with Gasteiger partial charge in [0.05, 0.1) is 33.5 Å². The molecule has 4 N–H and O–H groups in total. The Morgan fingerprint density at radius 1 is 1.18 bits per heavy atom. The first kappa shape index (κ1) is 27.8. The highest BCUT2D eigenvalue weighted by Crippen LogP contribution is 2.53. The molecule has 0 saturated heterocycles. The van der Waals surface area contributed by atoms with Gasteiger partial charge >= 0.3 is 6.18 Å². The number of aryl methyl sites for hydroxylation is 1. The lowest BCUT2D eigenvalue weighted by atomic mass is 9.96. The van der Waals surface area contributed by atoms with Crippen LogP contribution in [0.3, 0.4) is 0 Å². The second-order valence-electron chi connectivity index (χ2n) is 11.5. The maximum atomic E-state index is 13.8. The number of anilines is 2. The third-order valence-electron chi connectivity index (χ3n) is 7.03. The number of nitrogens with one attached hydrogen (secondary N) is 4. The number of nitrogens with zero attached hydrogens (tertiary/aromatic N) is 4. The molecule has 0 spiro atoms. The number of aromatic nitrogens is 2.